The third-order valence-corrected chi connectivity index (χ3v) is 5.22. The van der Waals surface area contributed by atoms with Crippen molar-refractivity contribution in [1.82, 2.24) is 4.72 Å². The normalized spacial score (nSPS) is 23.6. The summed E-state index contributed by atoms with van der Waals surface area (Å²) < 4.78 is 32.4. The lowest BCUT2D eigenvalue weighted by Crippen LogP contribution is -2.45. The van der Waals surface area contributed by atoms with Crippen LogP contribution in [0.25, 0.3) is 0 Å². The van der Waals surface area contributed by atoms with Gasteiger partial charge in [-0.1, -0.05) is 24.4 Å². The molecule has 2 unspecified atom stereocenters. The molecular formula is C13H18ClNO4S. The molecule has 0 aliphatic heterocycles. The van der Waals surface area contributed by atoms with Crippen molar-refractivity contribution in [2.24, 2.45) is 0 Å². The average Bonchev–Trinajstić information content (AvgIpc) is 2.40. The molecule has 1 aliphatic carbocycles. The lowest BCUT2D eigenvalue weighted by molar-refractivity contribution is 0.101. The summed E-state index contributed by atoms with van der Waals surface area (Å²) in [6.45, 7) is 0. The van der Waals surface area contributed by atoms with Crippen molar-refractivity contribution in [2.75, 3.05) is 7.11 Å². The zero-order chi connectivity index (χ0) is 14.8. The smallest absolute Gasteiger partial charge is 0.244 e. The number of methoxy groups -OCH3 is 1. The van der Waals surface area contributed by atoms with Crippen LogP contribution in [0.4, 0.5) is 0 Å². The van der Waals surface area contributed by atoms with Gasteiger partial charge in [0, 0.05) is 17.1 Å². The molecule has 112 valence electrons. The molecule has 0 aromatic heterocycles. The number of hydrogen-bond donors (Lipinski definition) is 2. The fourth-order valence-corrected chi connectivity index (χ4v) is 3.99. The summed E-state index contributed by atoms with van der Waals surface area (Å²) in [6.07, 6.45) is 2.43. The molecule has 7 heteroatoms. The van der Waals surface area contributed by atoms with Crippen molar-refractivity contribution in [1.29, 1.82) is 0 Å². The van der Waals surface area contributed by atoms with E-state index in [2.05, 4.69) is 4.72 Å². The molecule has 1 aromatic carbocycles. The minimum atomic E-state index is -3.75. The Balaban J connectivity index is 2.26. The second kappa shape index (κ2) is 6.30. The van der Waals surface area contributed by atoms with E-state index in [1.54, 1.807) is 0 Å². The van der Waals surface area contributed by atoms with Gasteiger partial charge in [-0.2, -0.15) is 0 Å². The molecule has 5 nitrogen and oxygen atoms in total. The first-order chi connectivity index (χ1) is 9.44. The lowest BCUT2D eigenvalue weighted by atomic mass is 9.93. The minimum Gasteiger partial charge on any atom is -0.495 e. The number of benzene rings is 1. The Kier molecular flexibility index (Phi) is 4.90. The molecule has 2 N–H and O–H groups in total. The molecule has 1 aliphatic rings. The highest BCUT2D eigenvalue weighted by molar-refractivity contribution is 7.89. The fraction of sp³-hybridized carbons (Fsp3) is 0.538. The maximum atomic E-state index is 12.4. The van der Waals surface area contributed by atoms with Crippen LogP contribution < -0.4 is 9.46 Å². The van der Waals surface area contributed by atoms with Crippen molar-refractivity contribution in [3.63, 3.8) is 0 Å². The minimum absolute atomic E-state index is 0.0298. The van der Waals surface area contributed by atoms with Crippen molar-refractivity contribution in [3.8, 4) is 5.75 Å². The van der Waals surface area contributed by atoms with Crippen LogP contribution in [0.3, 0.4) is 0 Å². The Labute approximate surface area is 124 Å². The van der Waals surface area contributed by atoms with Crippen LogP contribution in [-0.2, 0) is 10.0 Å². The number of sulfonamides is 1. The molecule has 0 heterocycles. The van der Waals surface area contributed by atoms with Gasteiger partial charge in [0.15, 0.2) is 0 Å². The Hall–Kier alpha value is -0.820. The number of hydrogen-bond acceptors (Lipinski definition) is 4. The summed E-state index contributed by atoms with van der Waals surface area (Å²) in [6, 6.07) is 3.90. The largest absolute Gasteiger partial charge is 0.495 e. The van der Waals surface area contributed by atoms with Gasteiger partial charge in [-0.3, -0.25) is 0 Å². The number of nitrogens with one attached hydrogen (secondary N) is 1. The van der Waals surface area contributed by atoms with Crippen LogP contribution >= 0.6 is 11.6 Å². The van der Waals surface area contributed by atoms with Crippen molar-refractivity contribution >= 4 is 21.6 Å². The first-order valence-electron chi connectivity index (χ1n) is 6.48. The van der Waals surface area contributed by atoms with E-state index in [9.17, 15) is 13.5 Å². The Morgan fingerprint density at radius 2 is 2.05 bits per heavy atom. The van der Waals surface area contributed by atoms with E-state index in [1.165, 1.54) is 25.3 Å². The number of ether oxygens (including phenoxy) is 1. The summed E-state index contributed by atoms with van der Waals surface area (Å²) >= 11 is 5.83. The first-order valence-corrected chi connectivity index (χ1v) is 8.34. The third kappa shape index (κ3) is 3.44. The Bertz CT molecular complexity index is 576. The predicted octanol–water partition coefficient (Wildman–Crippen LogP) is 1.93. The van der Waals surface area contributed by atoms with E-state index < -0.39 is 22.2 Å². The average molecular weight is 320 g/mol. The molecule has 20 heavy (non-hydrogen) atoms. The van der Waals surface area contributed by atoms with E-state index in [0.717, 1.165) is 12.8 Å². The summed E-state index contributed by atoms with van der Waals surface area (Å²) in [7, 11) is -2.36. The van der Waals surface area contributed by atoms with Gasteiger partial charge in [-0.15, -0.1) is 0 Å². The second-order valence-corrected chi connectivity index (χ2v) is 6.99. The summed E-state index contributed by atoms with van der Waals surface area (Å²) in [5.41, 5.74) is 0. The predicted molar refractivity (Wildman–Crippen MR) is 76.6 cm³/mol. The number of rotatable bonds is 4. The fourth-order valence-electron chi connectivity index (χ4n) is 2.37. The van der Waals surface area contributed by atoms with Crippen LogP contribution in [0.2, 0.25) is 5.02 Å². The van der Waals surface area contributed by atoms with E-state index in [0.29, 0.717) is 17.9 Å². The quantitative estimate of drug-likeness (QED) is 0.889. The molecule has 0 saturated heterocycles. The summed E-state index contributed by atoms with van der Waals surface area (Å²) in [5.74, 6) is 0.190. The third-order valence-electron chi connectivity index (χ3n) is 3.45. The van der Waals surface area contributed by atoms with Gasteiger partial charge in [-0.05, 0) is 25.0 Å². The molecule has 1 fully saturated rings. The van der Waals surface area contributed by atoms with Crippen LogP contribution in [-0.4, -0.2) is 32.8 Å². The molecule has 0 radical (unpaired) electrons. The molecule has 1 saturated carbocycles. The van der Waals surface area contributed by atoms with Gasteiger partial charge in [0.25, 0.3) is 0 Å². The monoisotopic (exact) mass is 319 g/mol. The van der Waals surface area contributed by atoms with E-state index in [-0.39, 0.29) is 10.6 Å². The van der Waals surface area contributed by atoms with Crippen molar-refractivity contribution < 1.29 is 18.3 Å². The first kappa shape index (κ1) is 15.6. The van der Waals surface area contributed by atoms with Crippen LogP contribution in [0.1, 0.15) is 25.7 Å². The number of halogens is 1. The van der Waals surface area contributed by atoms with Gasteiger partial charge in [0.1, 0.15) is 10.6 Å². The van der Waals surface area contributed by atoms with E-state index in [4.69, 9.17) is 16.3 Å². The van der Waals surface area contributed by atoms with Gasteiger partial charge >= 0.3 is 0 Å². The molecule has 0 amide bonds. The maximum Gasteiger partial charge on any atom is 0.244 e. The number of aliphatic hydroxyl groups is 1. The summed E-state index contributed by atoms with van der Waals surface area (Å²) in [5, 5.41) is 10.3. The lowest BCUT2D eigenvalue weighted by Gasteiger charge is -2.28. The second-order valence-electron chi connectivity index (χ2n) is 4.87. The zero-order valence-corrected chi connectivity index (χ0v) is 12.7. The number of aliphatic hydroxyl groups excluding tert-OH is 1. The van der Waals surface area contributed by atoms with Crippen LogP contribution in [0.5, 0.6) is 5.75 Å². The molecule has 2 rings (SSSR count). The maximum absolute atomic E-state index is 12.4. The summed E-state index contributed by atoms with van der Waals surface area (Å²) in [4.78, 5) is 0.0298. The zero-order valence-electron chi connectivity index (χ0n) is 11.2. The Morgan fingerprint density at radius 1 is 1.35 bits per heavy atom. The van der Waals surface area contributed by atoms with E-state index in [1.807, 2.05) is 0 Å². The van der Waals surface area contributed by atoms with E-state index >= 15 is 0 Å². The van der Waals surface area contributed by atoms with Gasteiger partial charge in [0.2, 0.25) is 10.0 Å². The standard InChI is InChI=1S/C13H18ClNO4S/c1-19-12-8-9(14)6-7-13(12)20(17,18)15-10-4-2-3-5-11(10)16/h6-8,10-11,15-16H,2-5H2,1H3. The highest BCUT2D eigenvalue weighted by Gasteiger charge is 2.29. The highest BCUT2D eigenvalue weighted by Crippen LogP contribution is 2.28. The van der Waals surface area contributed by atoms with Gasteiger partial charge < -0.3 is 9.84 Å². The van der Waals surface area contributed by atoms with Crippen LogP contribution in [0.15, 0.2) is 23.1 Å². The van der Waals surface area contributed by atoms with Gasteiger partial charge in [0.05, 0.1) is 13.2 Å². The molecule has 0 spiro atoms. The Morgan fingerprint density at radius 3 is 2.70 bits per heavy atom. The molecular weight excluding hydrogens is 302 g/mol. The van der Waals surface area contributed by atoms with Crippen molar-refractivity contribution in [3.05, 3.63) is 23.2 Å². The highest BCUT2D eigenvalue weighted by atomic mass is 35.5. The van der Waals surface area contributed by atoms with Gasteiger partial charge in [-0.25, -0.2) is 13.1 Å². The van der Waals surface area contributed by atoms with Crippen molar-refractivity contribution in [2.45, 2.75) is 42.7 Å². The topological polar surface area (TPSA) is 75.6 Å². The molecule has 1 aromatic rings. The molecule has 0 bridgehead atoms. The SMILES string of the molecule is COc1cc(Cl)ccc1S(=O)(=O)NC1CCCCC1O. The molecule has 2 atom stereocenters. The van der Waals surface area contributed by atoms with Crippen LogP contribution in [0, 0.1) is 0 Å².